The number of aliphatic hydroxyl groups excluding tert-OH is 1. The van der Waals surface area contributed by atoms with Crippen LogP contribution in [0.3, 0.4) is 0 Å². The second kappa shape index (κ2) is 6.27. The monoisotopic (exact) mass is 232 g/mol. The second-order valence-electron chi connectivity index (χ2n) is 4.43. The Kier molecular flexibility index (Phi) is 4.99. The van der Waals surface area contributed by atoms with E-state index in [0.29, 0.717) is 6.54 Å². The van der Waals surface area contributed by atoms with Crippen molar-refractivity contribution in [3.63, 3.8) is 0 Å². The molecule has 1 aromatic carbocycles. The molecule has 0 aromatic heterocycles. The molecule has 0 aliphatic rings. The summed E-state index contributed by atoms with van der Waals surface area (Å²) in [6, 6.07) is 10.1. The SMILES string of the molecule is CC[C@@H](O)c1ccc(N(C)CC(C)C#N)cc1. The van der Waals surface area contributed by atoms with Crippen LogP contribution in [-0.4, -0.2) is 18.7 Å². The third-order valence-electron chi connectivity index (χ3n) is 2.87. The molecular formula is C14H20N2O. The molecule has 3 heteroatoms. The lowest BCUT2D eigenvalue weighted by Gasteiger charge is -2.21. The number of nitriles is 1. The molecule has 2 atom stereocenters. The van der Waals surface area contributed by atoms with Gasteiger partial charge in [-0.1, -0.05) is 19.1 Å². The average molecular weight is 232 g/mol. The van der Waals surface area contributed by atoms with Crippen molar-refractivity contribution >= 4 is 5.69 Å². The number of anilines is 1. The van der Waals surface area contributed by atoms with Crippen LogP contribution in [0, 0.1) is 17.2 Å². The Morgan fingerprint density at radius 1 is 1.35 bits per heavy atom. The summed E-state index contributed by atoms with van der Waals surface area (Å²) in [5.41, 5.74) is 2.01. The molecule has 3 nitrogen and oxygen atoms in total. The highest BCUT2D eigenvalue weighted by molar-refractivity contribution is 5.47. The van der Waals surface area contributed by atoms with Crippen LogP contribution < -0.4 is 4.90 Å². The summed E-state index contributed by atoms with van der Waals surface area (Å²) in [5, 5.41) is 18.5. The molecule has 0 aliphatic heterocycles. The van der Waals surface area contributed by atoms with Crippen molar-refractivity contribution in [1.29, 1.82) is 5.26 Å². The standard InChI is InChI=1S/C14H20N2O/c1-4-14(17)12-5-7-13(8-6-12)16(3)10-11(2)9-15/h5-8,11,14,17H,4,10H2,1-3H3/t11?,14-/m1/s1. The lowest BCUT2D eigenvalue weighted by molar-refractivity contribution is 0.173. The zero-order chi connectivity index (χ0) is 12.8. The number of benzene rings is 1. The van der Waals surface area contributed by atoms with Crippen LogP contribution in [0.2, 0.25) is 0 Å². The van der Waals surface area contributed by atoms with Gasteiger partial charge in [-0.2, -0.15) is 5.26 Å². The first-order valence-electron chi connectivity index (χ1n) is 5.97. The Hall–Kier alpha value is -1.53. The summed E-state index contributed by atoms with van der Waals surface area (Å²) in [7, 11) is 1.97. The fraction of sp³-hybridized carbons (Fsp3) is 0.500. The molecule has 17 heavy (non-hydrogen) atoms. The number of hydrogen-bond donors (Lipinski definition) is 1. The van der Waals surface area contributed by atoms with E-state index >= 15 is 0 Å². The zero-order valence-corrected chi connectivity index (χ0v) is 10.7. The molecule has 1 N–H and O–H groups in total. The lowest BCUT2D eigenvalue weighted by Crippen LogP contribution is -2.23. The molecule has 1 rings (SSSR count). The molecule has 92 valence electrons. The third-order valence-corrected chi connectivity index (χ3v) is 2.87. The molecular weight excluding hydrogens is 212 g/mol. The van der Waals surface area contributed by atoms with Crippen LogP contribution in [0.15, 0.2) is 24.3 Å². The van der Waals surface area contributed by atoms with Crippen molar-refractivity contribution in [3.05, 3.63) is 29.8 Å². The zero-order valence-electron chi connectivity index (χ0n) is 10.7. The number of rotatable bonds is 5. The van der Waals surface area contributed by atoms with Gasteiger partial charge in [0.05, 0.1) is 18.1 Å². The molecule has 0 amide bonds. The predicted molar refractivity (Wildman–Crippen MR) is 69.7 cm³/mol. The fourth-order valence-electron chi connectivity index (χ4n) is 1.74. The first-order valence-corrected chi connectivity index (χ1v) is 5.97. The van der Waals surface area contributed by atoms with Crippen molar-refractivity contribution in [2.24, 2.45) is 5.92 Å². The van der Waals surface area contributed by atoms with Crippen LogP contribution in [0.5, 0.6) is 0 Å². The highest BCUT2D eigenvalue weighted by atomic mass is 16.3. The first-order chi connectivity index (χ1) is 8.08. The van der Waals surface area contributed by atoms with Gasteiger partial charge >= 0.3 is 0 Å². The molecule has 0 aliphatic carbocycles. The highest BCUT2D eigenvalue weighted by Crippen LogP contribution is 2.20. The predicted octanol–water partition coefficient (Wildman–Crippen LogP) is 2.73. The summed E-state index contributed by atoms with van der Waals surface area (Å²) in [6.07, 6.45) is 0.341. The van der Waals surface area contributed by atoms with E-state index < -0.39 is 0 Å². The second-order valence-corrected chi connectivity index (χ2v) is 4.43. The van der Waals surface area contributed by atoms with Gasteiger partial charge in [0, 0.05) is 19.3 Å². The van der Waals surface area contributed by atoms with Gasteiger partial charge in [0.2, 0.25) is 0 Å². The Labute approximate surface area is 103 Å². The van der Waals surface area contributed by atoms with Crippen LogP contribution in [-0.2, 0) is 0 Å². The van der Waals surface area contributed by atoms with Gasteiger partial charge in [0.15, 0.2) is 0 Å². The molecule has 0 bridgehead atoms. The van der Waals surface area contributed by atoms with E-state index in [1.54, 1.807) is 0 Å². The minimum atomic E-state index is -0.382. The number of hydrogen-bond acceptors (Lipinski definition) is 3. The van der Waals surface area contributed by atoms with Gasteiger partial charge in [-0.3, -0.25) is 0 Å². The van der Waals surface area contributed by atoms with Crippen molar-refractivity contribution < 1.29 is 5.11 Å². The van der Waals surface area contributed by atoms with E-state index in [4.69, 9.17) is 5.26 Å². The Bertz CT molecular complexity index is 380. The Morgan fingerprint density at radius 3 is 2.41 bits per heavy atom. The van der Waals surface area contributed by atoms with Crippen molar-refractivity contribution in [2.45, 2.75) is 26.4 Å². The lowest BCUT2D eigenvalue weighted by atomic mass is 10.1. The molecule has 0 heterocycles. The molecule has 0 saturated carbocycles. The molecule has 1 unspecified atom stereocenters. The first kappa shape index (κ1) is 13.5. The van der Waals surface area contributed by atoms with E-state index in [9.17, 15) is 5.11 Å². The van der Waals surface area contributed by atoms with Crippen LogP contribution in [0.1, 0.15) is 31.9 Å². The maximum absolute atomic E-state index is 9.69. The molecule has 0 spiro atoms. The number of aliphatic hydroxyl groups is 1. The topological polar surface area (TPSA) is 47.3 Å². The van der Waals surface area contributed by atoms with Gasteiger partial charge in [0.25, 0.3) is 0 Å². The summed E-state index contributed by atoms with van der Waals surface area (Å²) >= 11 is 0. The van der Waals surface area contributed by atoms with E-state index in [-0.39, 0.29) is 12.0 Å². The summed E-state index contributed by atoms with van der Waals surface area (Å²) < 4.78 is 0. The van der Waals surface area contributed by atoms with Gasteiger partial charge in [0.1, 0.15) is 0 Å². The van der Waals surface area contributed by atoms with Crippen LogP contribution >= 0.6 is 0 Å². The van der Waals surface area contributed by atoms with Gasteiger partial charge in [-0.25, -0.2) is 0 Å². The van der Waals surface area contributed by atoms with Crippen molar-refractivity contribution in [3.8, 4) is 6.07 Å². The smallest absolute Gasteiger partial charge is 0.0787 e. The fourth-order valence-corrected chi connectivity index (χ4v) is 1.74. The molecule has 0 saturated heterocycles. The molecule has 0 radical (unpaired) electrons. The Morgan fingerprint density at radius 2 is 1.94 bits per heavy atom. The largest absolute Gasteiger partial charge is 0.388 e. The summed E-state index contributed by atoms with van der Waals surface area (Å²) in [4.78, 5) is 2.05. The summed E-state index contributed by atoms with van der Waals surface area (Å²) in [6.45, 7) is 4.58. The highest BCUT2D eigenvalue weighted by Gasteiger charge is 2.08. The van der Waals surface area contributed by atoms with Gasteiger partial charge in [-0.15, -0.1) is 0 Å². The minimum Gasteiger partial charge on any atom is -0.388 e. The Balaban J connectivity index is 2.71. The third kappa shape index (κ3) is 3.76. The molecule has 0 fully saturated rings. The maximum atomic E-state index is 9.69. The minimum absolute atomic E-state index is 0.0147. The van der Waals surface area contributed by atoms with Crippen molar-refractivity contribution in [2.75, 3.05) is 18.5 Å². The van der Waals surface area contributed by atoms with Crippen molar-refractivity contribution in [1.82, 2.24) is 0 Å². The van der Waals surface area contributed by atoms with Gasteiger partial charge in [-0.05, 0) is 31.0 Å². The quantitative estimate of drug-likeness (QED) is 0.849. The maximum Gasteiger partial charge on any atom is 0.0787 e. The average Bonchev–Trinajstić information content (AvgIpc) is 2.37. The molecule has 1 aromatic rings. The van der Waals surface area contributed by atoms with E-state index in [0.717, 1.165) is 17.7 Å². The number of nitrogens with zero attached hydrogens (tertiary/aromatic N) is 2. The van der Waals surface area contributed by atoms with E-state index in [1.165, 1.54) is 0 Å². The van der Waals surface area contributed by atoms with Crippen LogP contribution in [0.25, 0.3) is 0 Å². The van der Waals surface area contributed by atoms with Crippen LogP contribution in [0.4, 0.5) is 5.69 Å². The summed E-state index contributed by atoms with van der Waals surface area (Å²) in [5.74, 6) is 0.0147. The van der Waals surface area contributed by atoms with E-state index in [1.807, 2.05) is 45.2 Å². The normalized spacial score (nSPS) is 13.8. The van der Waals surface area contributed by atoms with E-state index in [2.05, 4.69) is 11.0 Å². The van der Waals surface area contributed by atoms with Gasteiger partial charge < -0.3 is 10.0 Å².